The number of aliphatic imine (C=N–C) groups is 1. The van der Waals surface area contributed by atoms with Gasteiger partial charge in [0.05, 0.1) is 12.1 Å². The van der Waals surface area contributed by atoms with Crippen LogP contribution in [0.4, 0.5) is 4.79 Å². The molecule has 0 atom stereocenters. The third kappa shape index (κ3) is 9.14. The van der Waals surface area contributed by atoms with Crippen LogP contribution in [0.1, 0.15) is 34.6 Å². The van der Waals surface area contributed by atoms with Crippen LogP contribution in [-0.4, -0.2) is 56.7 Å². The number of nitrogens with one attached hydrogen (secondary N) is 3. The molecule has 1 aromatic rings. The van der Waals surface area contributed by atoms with Crippen LogP contribution in [0.25, 0.3) is 0 Å². The normalized spacial score (nSPS) is 13.2. The highest BCUT2D eigenvalue weighted by Crippen LogP contribution is 2.34. The maximum Gasteiger partial charge on any atom is 0.408 e. The van der Waals surface area contributed by atoms with E-state index in [2.05, 4.69) is 20.9 Å². The van der Waals surface area contributed by atoms with Gasteiger partial charge in [-0.2, -0.15) is 0 Å². The Morgan fingerprint density at radius 2 is 1.83 bits per heavy atom. The minimum absolute atomic E-state index is 0. The lowest BCUT2D eigenvalue weighted by Gasteiger charge is -2.29. The van der Waals surface area contributed by atoms with Crippen LogP contribution in [-0.2, 0) is 4.74 Å². The predicted octanol–water partition coefficient (Wildman–Crippen LogP) is 2.88. The van der Waals surface area contributed by atoms with E-state index in [-0.39, 0.29) is 30.8 Å². The van der Waals surface area contributed by atoms with Crippen molar-refractivity contribution in [3.63, 3.8) is 0 Å². The zero-order valence-electron chi connectivity index (χ0n) is 18.5. The van der Waals surface area contributed by atoms with Crippen LogP contribution in [0.5, 0.6) is 17.2 Å². The molecule has 0 unspecified atom stereocenters. The lowest BCUT2D eigenvalue weighted by atomic mass is 10.1. The zero-order chi connectivity index (χ0) is 21.5. The number of ether oxygens (including phenoxy) is 4. The van der Waals surface area contributed by atoms with Crippen molar-refractivity contribution in [3.8, 4) is 17.2 Å². The third-order valence-electron chi connectivity index (χ3n) is 3.77. The fourth-order valence-corrected chi connectivity index (χ4v) is 2.45. The van der Waals surface area contributed by atoms with E-state index in [1.807, 2.05) is 46.8 Å². The van der Waals surface area contributed by atoms with Crippen molar-refractivity contribution in [1.29, 1.82) is 0 Å². The lowest BCUT2D eigenvalue weighted by Crippen LogP contribution is -2.54. The van der Waals surface area contributed by atoms with Gasteiger partial charge in [0.2, 0.25) is 6.79 Å². The highest BCUT2D eigenvalue weighted by molar-refractivity contribution is 14.0. The van der Waals surface area contributed by atoms with Crippen molar-refractivity contribution in [2.45, 2.75) is 45.8 Å². The molecule has 0 aliphatic carbocycles. The number of guanidine groups is 1. The summed E-state index contributed by atoms with van der Waals surface area (Å²) in [5.74, 6) is 2.73. The van der Waals surface area contributed by atoms with Gasteiger partial charge in [-0.05, 0) is 46.8 Å². The molecule has 0 spiro atoms. The Morgan fingerprint density at radius 1 is 1.13 bits per heavy atom. The summed E-state index contributed by atoms with van der Waals surface area (Å²) < 4.78 is 21.6. The topological polar surface area (TPSA) is 102 Å². The minimum Gasteiger partial charge on any atom is -0.492 e. The molecule has 1 amide bonds. The molecule has 1 aliphatic rings. The second-order valence-electron chi connectivity index (χ2n) is 8.23. The molecule has 3 N–H and O–H groups in total. The van der Waals surface area contributed by atoms with Gasteiger partial charge in [-0.3, -0.25) is 4.99 Å². The van der Waals surface area contributed by atoms with E-state index in [1.165, 1.54) is 0 Å². The lowest BCUT2D eigenvalue weighted by molar-refractivity contribution is 0.0474. The van der Waals surface area contributed by atoms with Crippen LogP contribution in [0.15, 0.2) is 23.2 Å². The van der Waals surface area contributed by atoms with Crippen molar-refractivity contribution >= 4 is 36.0 Å². The Kier molecular flexibility index (Phi) is 9.79. The van der Waals surface area contributed by atoms with Gasteiger partial charge >= 0.3 is 6.09 Å². The van der Waals surface area contributed by atoms with Gasteiger partial charge in [0.25, 0.3) is 0 Å². The summed E-state index contributed by atoms with van der Waals surface area (Å²) in [7, 11) is 1.68. The predicted molar refractivity (Wildman–Crippen MR) is 126 cm³/mol. The number of hydrogen-bond acceptors (Lipinski definition) is 6. The van der Waals surface area contributed by atoms with Gasteiger partial charge in [-0.1, -0.05) is 0 Å². The van der Waals surface area contributed by atoms with Gasteiger partial charge in [0, 0.05) is 19.7 Å². The number of fused-ring (bicyclic) bond motifs is 1. The molecular weight excluding hydrogens is 503 g/mol. The molecule has 10 heteroatoms. The Morgan fingerprint density at radius 3 is 2.50 bits per heavy atom. The second-order valence-corrected chi connectivity index (χ2v) is 8.23. The molecule has 1 heterocycles. The smallest absolute Gasteiger partial charge is 0.408 e. The van der Waals surface area contributed by atoms with E-state index < -0.39 is 17.2 Å². The molecule has 9 nitrogen and oxygen atoms in total. The highest BCUT2D eigenvalue weighted by atomic mass is 127. The Balaban J connectivity index is 0.00000450. The van der Waals surface area contributed by atoms with Crippen molar-refractivity contribution in [3.05, 3.63) is 18.2 Å². The second kappa shape index (κ2) is 11.3. The minimum atomic E-state index is -0.539. The number of carbonyl (C=O) groups is 1. The van der Waals surface area contributed by atoms with E-state index in [0.29, 0.717) is 37.2 Å². The first kappa shape index (κ1) is 25.9. The summed E-state index contributed by atoms with van der Waals surface area (Å²) in [6, 6.07) is 5.47. The summed E-state index contributed by atoms with van der Waals surface area (Å²) in [6.45, 7) is 11.0. The molecule has 0 bridgehead atoms. The van der Waals surface area contributed by atoms with Crippen molar-refractivity contribution in [2.75, 3.05) is 33.5 Å². The molecular formula is C20H33IN4O5. The number of nitrogens with zero attached hydrogens (tertiary/aromatic N) is 1. The monoisotopic (exact) mass is 536 g/mol. The Labute approximate surface area is 195 Å². The van der Waals surface area contributed by atoms with Gasteiger partial charge in [0.1, 0.15) is 18.0 Å². The number of rotatable bonds is 7. The van der Waals surface area contributed by atoms with Crippen LogP contribution in [0.2, 0.25) is 0 Å². The summed E-state index contributed by atoms with van der Waals surface area (Å²) in [5, 5.41) is 9.21. The van der Waals surface area contributed by atoms with E-state index in [0.717, 1.165) is 5.75 Å². The van der Waals surface area contributed by atoms with Gasteiger partial charge in [-0.15, -0.1) is 24.0 Å². The van der Waals surface area contributed by atoms with Crippen molar-refractivity contribution in [2.24, 2.45) is 4.99 Å². The molecule has 170 valence electrons. The first-order chi connectivity index (χ1) is 13.6. The van der Waals surface area contributed by atoms with E-state index >= 15 is 0 Å². The summed E-state index contributed by atoms with van der Waals surface area (Å²) in [5.41, 5.74) is -1.06. The fraction of sp³-hybridized carbons (Fsp3) is 0.600. The number of hydrogen-bond donors (Lipinski definition) is 3. The molecule has 30 heavy (non-hydrogen) atoms. The van der Waals surface area contributed by atoms with Crippen molar-refractivity contribution in [1.82, 2.24) is 16.0 Å². The molecule has 0 aromatic heterocycles. The largest absolute Gasteiger partial charge is 0.492 e. The highest BCUT2D eigenvalue weighted by Gasteiger charge is 2.24. The molecule has 0 saturated carbocycles. The molecule has 1 aliphatic heterocycles. The van der Waals surface area contributed by atoms with E-state index in [1.54, 1.807) is 13.1 Å². The molecule has 2 rings (SSSR count). The van der Waals surface area contributed by atoms with Crippen molar-refractivity contribution < 1.29 is 23.7 Å². The molecule has 0 radical (unpaired) electrons. The third-order valence-corrected chi connectivity index (χ3v) is 3.77. The summed E-state index contributed by atoms with van der Waals surface area (Å²) in [6.07, 6.45) is -0.454. The van der Waals surface area contributed by atoms with Gasteiger partial charge in [-0.25, -0.2) is 4.79 Å². The Hall–Kier alpha value is -2.11. The maximum atomic E-state index is 12.0. The van der Waals surface area contributed by atoms with Crippen LogP contribution >= 0.6 is 24.0 Å². The fourth-order valence-electron chi connectivity index (χ4n) is 2.45. The van der Waals surface area contributed by atoms with E-state index in [9.17, 15) is 4.79 Å². The number of amides is 1. The number of benzene rings is 1. The summed E-state index contributed by atoms with van der Waals surface area (Å²) in [4.78, 5) is 16.1. The average molecular weight is 536 g/mol. The average Bonchev–Trinajstić information content (AvgIpc) is 3.06. The quantitative estimate of drug-likeness (QED) is 0.213. The molecule has 1 aromatic carbocycles. The van der Waals surface area contributed by atoms with Gasteiger partial charge in [0.15, 0.2) is 17.5 Å². The van der Waals surface area contributed by atoms with Crippen LogP contribution in [0, 0.1) is 0 Å². The number of carbonyl (C=O) groups excluding carboxylic acids is 1. The summed E-state index contributed by atoms with van der Waals surface area (Å²) >= 11 is 0. The van der Waals surface area contributed by atoms with Crippen LogP contribution < -0.4 is 30.2 Å². The Bertz CT molecular complexity index is 734. The maximum absolute atomic E-state index is 12.0. The zero-order valence-corrected chi connectivity index (χ0v) is 20.8. The van der Waals surface area contributed by atoms with Crippen LogP contribution in [0.3, 0.4) is 0 Å². The standard InChI is InChI=1S/C20H32N4O5.HI/c1-19(2,3)29-18(25)24-20(4,5)12-23-17(21-6)22-9-10-26-14-7-8-15-16(11-14)28-13-27-15;/h7-8,11H,9-10,12-13H2,1-6H3,(H,24,25)(H2,21,22,23);1H. The number of halogens is 1. The van der Waals surface area contributed by atoms with Gasteiger partial charge < -0.3 is 34.9 Å². The first-order valence-corrected chi connectivity index (χ1v) is 9.56. The van der Waals surface area contributed by atoms with E-state index in [4.69, 9.17) is 18.9 Å². The first-order valence-electron chi connectivity index (χ1n) is 9.56. The molecule has 0 saturated heterocycles. The SMILES string of the molecule is CN=C(NCCOc1ccc2c(c1)OCO2)NCC(C)(C)NC(=O)OC(C)(C)C.I. The molecule has 0 fully saturated rings. The number of alkyl carbamates (subject to hydrolysis) is 1.